The summed E-state index contributed by atoms with van der Waals surface area (Å²) in [6, 6.07) is 3.91. The van der Waals surface area contributed by atoms with E-state index in [0.717, 1.165) is 19.4 Å². The molecule has 0 saturated carbocycles. The number of carboxylic acid groups (broad SMARTS) is 1. The Labute approximate surface area is 117 Å². The maximum absolute atomic E-state index is 13.5. The summed E-state index contributed by atoms with van der Waals surface area (Å²) in [5.74, 6) is -1.51. The molecule has 2 rings (SSSR count). The second kappa shape index (κ2) is 6.79. The Morgan fingerprint density at radius 3 is 2.70 bits per heavy atom. The number of piperidine rings is 1. The SMILES string of the molecule is O=C(O)CN1CCC[C@H](CCc2c(F)cccc2F)C1. The largest absolute Gasteiger partial charge is 0.480 e. The summed E-state index contributed by atoms with van der Waals surface area (Å²) in [6.45, 7) is 1.53. The van der Waals surface area contributed by atoms with Crippen LogP contribution in [0.3, 0.4) is 0 Å². The third-order valence-corrected chi connectivity index (χ3v) is 3.83. The molecule has 1 aromatic carbocycles. The fourth-order valence-electron chi connectivity index (χ4n) is 2.84. The zero-order valence-electron chi connectivity index (χ0n) is 11.3. The number of halogens is 2. The van der Waals surface area contributed by atoms with Crippen LogP contribution >= 0.6 is 0 Å². The predicted molar refractivity (Wildman–Crippen MR) is 71.5 cm³/mol. The number of rotatable bonds is 5. The van der Waals surface area contributed by atoms with Crippen LogP contribution in [0.25, 0.3) is 0 Å². The normalized spacial score (nSPS) is 20.0. The molecule has 0 amide bonds. The van der Waals surface area contributed by atoms with Gasteiger partial charge >= 0.3 is 5.97 Å². The monoisotopic (exact) mass is 283 g/mol. The van der Waals surface area contributed by atoms with Gasteiger partial charge in [-0.3, -0.25) is 9.69 Å². The molecular formula is C15H19F2NO2. The predicted octanol–water partition coefficient (Wildman–Crippen LogP) is 2.69. The van der Waals surface area contributed by atoms with Crippen LogP contribution < -0.4 is 0 Å². The lowest BCUT2D eigenvalue weighted by Crippen LogP contribution is -2.38. The summed E-state index contributed by atoms with van der Waals surface area (Å²) < 4.78 is 27.1. The minimum Gasteiger partial charge on any atom is -0.480 e. The lowest BCUT2D eigenvalue weighted by atomic mass is 9.91. The molecule has 1 atom stereocenters. The zero-order chi connectivity index (χ0) is 14.5. The Kier molecular flexibility index (Phi) is 5.06. The first kappa shape index (κ1) is 14.9. The van der Waals surface area contributed by atoms with Crippen molar-refractivity contribution in [1.29, 1.82) is 0 Å². The van der Waals surface area contributed by atoms with Crippen molar-refractivity contribution >= 4 is 5.97 Å². The number of carboxylic acids is 1. The van der Waals surface area contributed by atoms with E-state index in [1.165, 1.54) is 18.2 Å². The first-order valence-corrected chi connectivity index (χ1v) is 6.93. The average Bonchev–Trinajstić information content (AvgIpc) is 2.38. The summed E-state index contributed by atoms with van der Waals surface area (Å²) in [7, 11) is 0. The molecule has 5 heteroatoms. The molecule has 1 N–H and O–H groups in total. The van der Waals surface area contributed by atoms with Crippen LogP contribution in [-0.4, -0.2) is 35.6 Å². The molecule has 1 heterocycles. The highest BCUT2D eigenvalue weighted by atomic mass is 19.1. The molecule has 0 spiro atoms. The van der Waals surface area contributed by atoms with Gasteiger partial charge in [-0.15, -0.1) is 0 Å². The molecule has 1 fully saturated rings. The van der Waals surface area contributed by atoms with E-state index in [4.69, 9.17) is 5.11 Å². The van der Waals surface area contributed by atoms with Crippen LogP contribution in [-0.2, 0) is 11.2 Å². The number of aliphatic carboxylic acids is 1. The number of benzene rings is 1. The van der Waals surface area contributed by atoms with Gasteiger partial charge in [-0.2, -0.15) is 0 Å². The molecule has 0 bridgehead atoms. The maximum atomic E-state index is 13.5. The molecule has 0 aliphatic carbocycles. The fraction of sp³-hybridized carbons (Fsp3) is 0.533. The van der Waals surface area contributed by atoms with Gasteiger partial charge in [-0.1, -0.05) is 6.07 Å². The van der Waals surface area contributed by atoms with Crippen molar-refractivity contribution in [1.82, 2.24) is 4.90 Å². The molecule has 0 unspecified atom stereocenters. The van der Waals surface area contributed by atoms with Crippen molar-refractivity contribution in [2.24, 2.45) is 5.92 Å². The highest BCUT2D eigenvalue weighted by Crippen LogP contribution is 2.23. The van der Waals surface area contributed by atoms with Gasteiger partial charge in [0.15, 0.2) is 0 Å². The van der Waals surface area contributed by atoms with Crippen molar-refractivity contribution < 1.29 is 18.7 Å². The van der Waals surface area contributed by atoms with E-state index in [0.29, 0.717) is 25.3 Å². The fourth-order valence-corrected chi connectivity index (χ4v) is 2.84. The van der Waals surface area contributed by atoms with Crippen LogP contribution in [0.2, 0.25) is 0 Å². The van der Waals surface area contributed by atoms with E-state index in [-0.39, 0.29) is 12.1 Å². The summed E-state index contributed by atoms with van der Waals surface area (Å²) >= 11 is 0. The minimum absolute atomic E-state index is 0.0462. The third-order valence-electron chi connectivity index (χ3n) is 3.83. The van der Waals surface area contributed by atoms with Crippen molar-refractivity contribution in [3.05, 3.63) is 35.4 Å². The van der Waals surface area contributed by atoms with Crippen molar-refractivity contribution in [3.63, 3.8) is 0 Å². The van der Waals surface area contributed by atoms with Crippen LogP contribution in [0.4, 0.5) is 8.78 Å². The molecular weight excluding hydrogens is 264 g/mol. The molecule has 1 saturated heterocycles. The van der Waals surface area contributed by atoms with Crippen molar-refractivity contribution in [2.75, 3.05) is 19.6 Å². The molecule has 1 aromatic rings. The molecule has 1 aliphatic heterocycles. The Morgan fingerprint density at radius 2 is 2.05 bits per heavy atom. The third kappa shape index (κ3) is 4.00. The van der Waals surface area contributed by atoms with Gasteiger partial charge < -0.3 is 5.11 Å². The van der Waals surface area contributed by atoms with Gasteiger partial charge in [0.2, 0.25) is 0 Å². The summed E-state index contributed by atoms with van der Waals surface area (Å²) in [6.07, 6.45) is 2.99. The van der Waals surface area contributed by atoms with Crippen LogP contribution in [0.15, 0.2) is 18.2 Å². The van der Waals surface area contributed by atoms with Gasteiger partial charge in [0, 0.05) is 12.1 Å². The van der Waals surface area contributed by atoms with E-state index in [1.807, 2.05) is 4.90 Å². The molecule has 0 aromatic heterocycles. The number of hydrogen-bond donors (Lipinski definition) is 1. The second-order valence-corrected chi connectivity index (χ2v) is 5.38. The molecule has 3 nitrogen and oxygen atoms in total. The first-order valence-electron chi connectivity index (χ1n) is 6.93. The Hall–Kier alpha value is -1.49. The quantitative estimate of drug-likeness (QED) is 0.903. The number of nitrogens with zero attached hydrogens (tertiary/aromatic N) is 1. The van der Waals surface area contributed by atoms with Crippen molar-refractivity contribution in [2.45, 2.75) is 25.7 Å². The molecule has 0 radical (unpaired) electrons. The van der Waals surface area contributed by atoms with E-state index >= 15 is 0 Å². The highest BCUT2D eigenvalue weighted by molar-refractivity contribution is 5.69. The highest BCUT2D eigenvalue weighted by Gasteiger charge is 2.22. The van der Waals surface area contributed by atoms with Gasteiger partial charge in [0.1, 0.15) is 11.6 Å². The lowest BCUT2D eigenvalue weighted by Gasteiger charge is -2.31. The molecule has 1 aliphatic rings. The summed E-state index contributed by atoms with van der Waals surface area (Å²) in [5.41, 5.74) is 0.142. The standard InChI is InChI=1S/C15H19F2NO2/c16-13-4-1-5-14(17)12(13)7-6-11-3-2-8-18(9-11)10-15(19)20/h1,4-5,11H,2-3,6-10H2,(H,19,20)/t11-/m1/s1. The Bertz CT molecular complexity index is 459. The van der Waals surface area contributed by atoms with Gasteiger partial charge in [-0.05, 0) is 50.3 Å². The lowest BCUT2D eigenvalue weighted by molar-refractivity contribution is -0.138. The van der Waals surface area contributed by atoms with Crippen LogP contribution in [0.1, 0.15) is 24.8 Å². The van der Waals surface area contributed by atoms with E-state index in [9.17, 15) is 13.6 Å². The molecule has 110 valence electrons. The second-order valence-electron chi connectivity index (χ2n) is 5.38. The van der Waals surface area contributed by atoms with E-state index < -0.39 is 17.6 Å². The minimum atomic E-state index is -0.828. The summed E-state index contributed by atoms with van der Waals surface area (Å²) in [5, 5.41) is 8.79. The van der Waals surface area contributed by atoms with E-state index in [1.54, 1.807) is 0 Å². The first-order chi connectivity index (χ1) is 9.56. The summed E-state index contributed by atoms with van der Waals surface area (Å²) in [4.78, 5) is 12.6. The smallest absolute Gasteiger partial charge is 0.317 e. The number of hydrogen-bond acceptors (Lipinski definition) is 2. The van der Waals surface area contributed by atoms with Gasteiger partial charge in [0.25, 0.3) is 0 Å². The maximum Gasteiger partial charge on any atom is 0.317 e. The average molecular weight is 283 g/mol. The topological polar surface area (TPSA) is 40.5 Å². The molecule has 20 heavy (non-hydrogen) atoms. The van der Waals surface area contributed by atoms with E-state index in [2.05, 4.69) is 0 Å². The Balaban J connectivity index is 1.89. The van der Waals surface area contributed by atoms with Crippen molar-refractivity contribution in [3.8, 4) is 0 Å². The Morgan fingerprint density at radius 1 is 1.35 bits per heavy atom. The van der Waals surface area contributed by atoms with Gasteiger partial charge in [-0.25, -0.2) is 8.78 Å². The number of likely N-dealkylation sites (tertiary alicyclic amines) is 1. The van der Waals surface area contributed by atoms with Gasteiger partial charge in [0.05, 0.1) is 6.54 Å². The van der Waals surface area contributed by atoms with Crippen LogP contribution in [0, 0.1) is 17.6 Å². The zero-order valence-corrected chi connectivity index (χ0v) is 11.3. The van der Waals surface area contributed by atoms with Crippen LogP contribution in [0.5, 0.6) is 0 Å². The number of carbonyl (C=O) groups is 1.